The average molecular weight is 254 g/mol. The van der Waals surface area contributed by atoms with Crippen molar-refractivity contribution in [2.24, 2.45) is 0 Å². The highest BCUT2D eigenvalue weighted by Crippen LogP contribution is 2.23. The minimum absolute atomic E-state index is 0.0762. The monoisotopic (exact) mass is 254 g/mol. The molecule has 1 atom stereocenters. The Hall–Kier alpha value is -0.830. The summed E-state index contributed by atoms with van der Waals surface area (Å²) in [5, 5.41) is 2.81. The molecule has 0 saturated heterocycles. The van der Waals surface area contributed by atoms with Crippen LogP contribution in [-0.4, -0.2) is 36.5 Å². The average Bonchev–Trinajstić information content (AvgIpc) is 2.37. The van der Waals surface area contributed by atoms with Gasteiger partial charge >= 0.3 is 0 Å². The van der Waals surface area contributed by atoms with Crippen LogP contribution >= 0.6 is 0 Å². The fourth-order valence-corrected chi connectivity index (χ4v) is 2.20. The number of hydrogen-bond donors (Lipinski definition) is 1. The van der Waals surface area contributed by atoms with Crippen molar-refractivity contribution in [3.8, 4) is 0 Å². The summed E-state index contributed by atoms with van der Waals surface area (Å²) in [7, 11) is 2.21. The van der Waals surface area contributed by atoms with Crippen molar-refractivity contribution < 1.29 is 4.79 Å². The summed E-state index contributed by atoms with van der Waals surface area (Å²) < 4.78 is 0. The van der Waals surface area contributed by atoms with E-state index in [4.69, 9.17) is 0 Å². The molecule has 3 nitrogen and oxygen atoms in total. The van der Waals surface area contributed by atoms with Gasteiger partial charge in [0.15, 0.2) is 0 Å². The van der Waals surface area contributed by atoms with Crippen LogP contribution in [0.4, 0.5) is 0 Å². The zero-order chi connectivity index (χ0) is 14.0. The molecular weight excluding hydrogens is 224 g/mol. The lowest BCUT2D eigenvalue weighted by molar-refractivity contribution is -0.116. The number of amides is 1. The van der Waals surface area contributed by atoms with Gasteiger partial charge in [0.05, 0.1) is 0 Å². The molecule has 0 aliphatic rings. The molecule has 0 rings (SSSR count). The molecule has 1 unspecified atom stereocenters. The van der Waals surface area contributed by atoms with Crippen LogP contribution in [-0.2, 0) is 4.79 Å². The second-order valence-corrected chi connectivity index (χ2v) is 5.22. The third-order valence-corrected chi connectivity index (χ3v) is 3.88. The molecule has 0 radical (unpaired) electrons. The van der Waals surface area contributed by atoms with Gasteiger partial charge in [0, 0.05) is 12.1 Å². The van der Waals surface area contributed by atoms with E-state index in [1.807, 2.05) is 0 Å². The Morgan fingerprint density at radius 2 is 2.06 bits per heavy atom. The van der Waals surface area contributed by atoms with E-state index in [1.54, 1.807) is 0 Å². The van der Waals surface area contributed by atoms with Gasteiger partial charge < -0.3 is 10.2 Å². The largest absolute Gasteiger partial charge is 0.353 e. The van der Waals surface area contributed by atoms with Gasteiger partial charge in [-0.3, -0.25) is 4.79 Å². The number of hydrogen-bond acceptors (Lipinski definition) is 2. The van der Waals surface area contributed by atoms with Crippen molar-refractivity contribution in [3.05, 3.63) is 12.7 Å². The fraction of sp³-hybridized carbons (Fsp3) is 0.800. The molecule has 3 heteroatoms. The number of nitrogens with one attached hydrogen (secondary N) is 1. The van der Waals surface area contributed by atoms with E-state index in [0.29, 0.717) is 5.54 Å². The van der Waals surface area contributed by atoms with Gasteiger partial charge in [0.1, 0.15) is 0 Å². The maximum atomic E-state index is 11.0. The van der Waals surface area contributed by atoms with Gasteiger partial charge in [-0.2, -0.15) is 0 Å². The molecule has 0 saturated carbocycles. The first kappa shape index (κ1) is 17.2. The molecule has 0 heterocycles. The molecule has 0 bridgehead atoms. The van der Waals surface area contributed by atoms with Crippen LogP contribution in [0.15, 0.2) is 12.7 Å². The summed E-state index contributed by atoms with van der Waals surface area (Å²) in [5.74, 6) is -0.0762. The van der Waals surface area contributed by atoms with Crippen molar-refractivity contribution in [1.29, 1.82) is 0 Å². The van der Waals surface area contributed by atoms with E-state index in [-0.39, 0.29) is 5.91 Å². The smallest absolute Gasteiger partial charge is 0.243 e. The van der Waals surface area contributed by atoms with E-state index >= 15 is 0 Å². The second kappa shape index (κ2) is 9.15. The first-order valence-electron chi connectivity index (χ1n) is 7.11. The molecule has 0 aromatic heterocycles. The highest BCUT2D eigenvalue weighted by molar-refractivity contribution is 5.86. The number of unbranched alkanes of at least 4 members (excludes halogenated alkanes) is 1. The quantitative estimate of drug-likeness (QED) is 0.480. The molecule has 1 amide bonds. The topological polar surface area (TPSA) is 32.3 Å². The van der Waals surface area contributed by atoms with E-state index in [1.165, 1.54) is 25.3 Å². The number of nitrogens with zero attached hydrogens (tertiary/aromatic N) is 1. The summed E-state index contributed by atoms with van der Waals surface area (Å²) in [4.78, 5) is 13.4. The molecule has 0 fully saturated rings. The predicted molar refractivity (Wildman–Crippen MR) is 78.7 cm³/mol. The maximum Gasteiger partial charge on any atom is 0.243 e. The van der Waals surface area contributed by atoms with Gasteiger partial charge in [0.25, 0.3) is 0 Å². The van der Waals surface area contributed by atoms with Crippen molar-refractivity contribution in [3.63, 3.8) is 0 Å². The Labute approximate surface area is 113 Å². The van der Waals surface area contributed by atoms with Crippen LogP contribution in [0.3, 0.4) is 0 Å². The van der Waals surface area contributed by atoms with Crippen molar-refractivity contribution in [2.75, 3.05) is 20.1 Å². The summed E-state index contributed by atoms with van der Waals surface area (Å²) in [6.45, 7) is 12.1. The third kappa shape index (κ3) is 6.20. The third-order valence-electron chi connectivity index (χ3n) is 3.88. The van der Waals surface area contributed by atoms with Crippen LogP contribution in [0.25, 0.3) is 0 Å². The van der Waals surface area contributed by atoms with E-state index < -0.39 is 0 Å². The Morgan fingerprint density at radius 3 is 2.56 bits per heavy atom. The van der Waals surface area contributed by atoms with Crippen LogP contribution < -0.4 is 5.32 Å². The molecule has 0 aliphatic heterocycles. The molecule has 106 valence electrons. The van der Waals surface area contributed by atoms with E-state index in [9.17, 15) is 4.79 Å². The highest BCUT2D eigenvalue weighted by Gasteiger charge is 2.25. The number of carbonyl (C=O) groups excluding carboxylic acids is 1. The first-order chi connectivity index (χ1) is 8.50. The molecule has 18 heavy (non-hydrogen) atoms. The molecular formula is C15H30N2O. The van der Waals surface area contributed by atoms with Crippen molar-refractivity contribution in [2.45, 2.75) is 58.4 Å². The number of carbonyl (C=O) groups is 1. The van der Waals surface area contributed by atoms with Gasteiger partial charge in [-0.15, -0.1) is 0 Å². The van der Waals surface area contributed by atoms with Crippen molar-refractivity contribution in [1.82, 2.24) is 10.2 Å². The molecule has 0 spiro atoms. The zero-order valence-corrected chi connectivity index (χ0v) is 12.6. The standard InChI is InChI=1S/C15H30N2O/c1-6-11-15(4,8-3)17(5)13-10-9-12-16-14(18)7-2/h7H,2,6,8-13H2,1,3-5H3,(H,16,18). The van der Waals surface area contributed by atoms with Crippen LogP contribution in [0, 0.1) is 0 Å². The molecule has 0 aromatic rings. The van der Waals surface area contributed by atoms with Gasteiger partial charge in [0.2, 0.25) is 5.91 Å². The van der Waals surface area contributed by atoms with Crippen LogP contribution in [0.1, 0.15) is 52.9 Å². The molecule has 0 aliphatic carbocycles. The SMILES string of the molecule is C=CC(=O)NCCCCN(C)C(C)(CC)CCC. The molecule has 1 N–H and O–H groups in total. The van der Waals surface area contributed by atoms with Gasteiger partial charge in [-0.25, -0.2) is 0 Å². The Morgan fingerprint density at radius 1 is 1.39 bits per heavy atom. The summed E-state index contributed by atoms with van der Waals surface area (Å²) in [6, 6.07) is 0. The predicted octanol–water partition coefficient (Wildman–Crippen LogP) is 2.97. The lowest BCUT2D eigenvalue weighted by atomic mass is 9.91. The molecule has 0 aromatic carbocycles. The van der Waals surface area contributed by atoms with Crippen molar-refractivity contribution >= 4 is 5.91 Å². The second-order valence-electron chi connectivity index (χ2n) is 5.22. The summed E-state index contributed by atoms with van der Waals surface area (Å²) in [6.07, 6.45) is 7.12. The zero-order valence-electron chi connectivity index (χ0n) is 12.6. The lowest BCUT2D eigenvalue weighted by Gasteiger charge is -2.38. The Kier molecular flexibility index (Phi) is 8.73. The van der Waals surface area contributed by atoms with Gasteiger partial charge in [-0.1, -0.05) is 26.8 Å². The Balaban J connectivity index is 3.84. The fourth-order valence-electron chi connectivity index (χ4n) is 2.20. The summed E-state index contributed by atoms with van der Waals surface area (Å²) >= 11 is 0. The first-order valence-corrected chi connectivity index (χ1v) is 7.11. The van der Waals surface area contributed by atoms with E-state index in [2.05, 4.69) is 44.6 Å². The minimum atomic E-state index is -0.0762. The van der Waals surface area contributed by atoms with Crippen LogP contribution in [0.5, 0.6) is 0 Å². The Bertz CT molecular complexity index is 253. The van der Waals surface area contributed by atoms with Gasteiger partial charge in [-0.05, 0) is 52.3 Å². The lowest BCUT2D eigenvalue weighted by Crippen LogP contribution is -2.43. The normalized spacial score (nSPS) is 14.3. The maximum absolute atomic E-state index is 11.0. The van der Waals surface area contributed by atoms with E-state index in [0.717, 1.165) is 25.9 Å². The number of rotatable bonds is 10. The van der Waals surface area contributed by atoms with Crippen LogP contribution in [0.2, 0.25) is 0 Å². The minimum Gasteiger partial charge on any atom is -0.353 e. The summed E-state index contributed by atoms with van der Waals surface area (Å²) in [5.41, 5.74) is 0.319. The highest BCUT2D eigenvalue weighted by atomic mass is 16.1.